The van der Waals surface area contributed by atoms with Crippen molar-refractivity contribution < 1.29 is 24.3 Å². The van der Waals surface area contributed by atoms with Crippen LogP contribution in [0.5, 0.6) is 5.75 Å². The lowest BCUT2D eigenvalue weighted by atomic mass is 10.2. The lowest BCUT2D eigenvalue weighted by molar-refractivity contribution is -0.385. The molecule has 1 aromatic rings. The van der Waals surface area contributed by atoms with Crippen LogP contribution in [0.2, 0.25) is 0 Å². The molecule has 0 aliphatic carbocycles. The van der Waals surface area contributed by atoms with E-state index in [1.807, 2.05) is 0 Å². The summed E-state index contributed by atoms with van der Waals surface area (Å²) in [5.74, 6) is -1.17. The number of hydrogen-bond acceptors (Lipinski definition) is 6. The zero-order chi connectivity index (χ0) is 15.2. The van der Waals surface area contributed by atoms with E-state index in [1.54, 1.807) is 0 Å². The Morgan fingerprint density at radius 2 is 2.14 bits per heavy atom. The van der Waals surface area contributed by atoms with Gasteiger partial charge in [0.15, 0.2) is 5.75 Å². The lowest BCUT2D eigenvalue weighted by Gasteiger charge is -2.26. The summed E-state index contributed by atoms with van der Waals surface area (Å²) >= 11 is 0. The minimum atomic E-state index is -1.15. The predicted octanol–water partition coefficient (Wildman–Crippen LogP) is 1.00. The second-order valence-electron chi connectivity index (χ2n) is 4.55. The molecule has 0 bridgehead atoms. The molecule has 1 fully saturated rings. The molecule has 1 N–H and O–H groups in total. The highest BCUT2D eigenvalue weighted by molar-refractivity contribution is 5.88. The van der Waals surface area contributed by atoms with E-state index >= 15 is 0 Å². The number of nitro groups is 1. The molecule has 0 aromatic heterocycles. The first-order chi connectivity index (χ1) is 10.1. The van der Waals surface area contributed by atoms with Crippen LogP contribution < -0.4 is 4.74 Å². The number of ether oxygens (including phenoxy) is 2. The first-order valence-corrected chi connectivity index (χ1v) is 6.52. The van der Waals surface area contributed by atoms with Crippen molar-refractivity contribution in [3.05, 3.63) is 33.9 Å². The van der Waals surface area contributed by atoms with Crippen LogP contribution >= 0.6 is 0 Å². The minimum Gasteiger partial charge on any atom is -0.485 e. The van der Waals surface area contributed by atoms with Crippen molar-refractivity contribution in [2.24, 2.45) is 0 Å². The topological polar surface area (TPSA) is 102 Å². The van der Waals surface area contributed by atoms with Crippen LogP contribution in [0.25, 0.3) is 0 Å². The zero-order valence-corrected chi connectivity index (χ0v) is 11.4. The van der Waals surface area contributed by atoms with Gasteiger partial charge in [-0.2, -0.15) is 0 Å². The third-order valence-corrected chi connectivity index (χ3v) is 3.17. The molecule has 0 saturated carbocycles. The zero-order valence-electron chi connectivity index (χ0n) is 11.4. The fraction of sp³-hybridized carbons (Fsp3) is 0.462. The van der Waals surface area contributed by atoms with Crippen LogP contribution in [0.4, 0.5) is 5.69 Å². The third-order valence-electron chi connectivity index (χ3n) is 3.17. The van der Waals surface area contributed by atoms with Crippen LogP contribution in [0.15, 0.2) is 18.2 Å². The van der Waals surface area contributed by atoms with Crippen molar-refractivity contribution >= 4 is 11.7 Å². The maximum atomic E-state index is 10.9. The summed E-state index contributed by atoms with van der Waals surface area (Å²) in [7, 11) is 0. The summed E-state index contributed by atoms with van der Waals surface area (Å²) in [6.07, 6.45) is 0. The van der Waals surface area contributed by atoms with Crippen molar-refractivity contribution in [1.29, 1.82) is 0 Å². The molecule has 8 heteroatoms. The fourth-order valence-electron chi connectivity index (χ4n) is 2.02. The molecule has 0 spiro atoms. The molecule has 0 atom stereocenters. The minimum absolute atomic E-state index is 0.0202. The monoisotopic (exact) mass is 296 g/mol. The molecular weight excluding hydrogens is 280 g/mol. The van der Waals surface area contributed by atoms with E-state index in [9.17, 15) is 14.9 Å². The van der Waals surface area contributed by atoms with Crippen LogP contribution in [-0.2, 0) is 4.74 Å². The van der Waals surface area contributed by atoms with Crippen molar-refractivity contribution in [2.45, 2.75) is 0 Å². The second-order valence-corrected chi connectivity index (χ2v) is 4.55. The summed E-state index contributed by atoms with van der Waals surface area (Å²) in [6, 6.07) is 3.52. The Kier molecular flexibility index (Phi) is 5.07. The highest BCUT2D eigenvalue weighted by Gasteiger charge is 2.18. The second kappa shape index (κ2) is 7.00. The SMILES string of the molecule is O=C(O)c1ccc([N+](=O)[O-])c(OCCN2CCOCC2)c1. The van der Waals surface area contributed by atoms with E-state index in [4.69, 9.17) is 14.6 Å². The smallest absolute Gasteiger partial charge is 0.335 e. The summed E-state index contributed by atoms with van der Waals surface area (Å²) in [6.45, 7) is 3.77. The molecule has 1 aliphatic rings. The van der Waals surface area contributed by atoms with Gasteiger partial charge >= 0.3 is 11.7 Å². The largest absolute Gasteiger partial charge is 0.485 e. The number of rotatable bonds is 6. The number of aromatic carboxylic acids is 1. The van der Waals surface area contributed by atoms with Crippen molar-refractivity contribution in [3.63, 3.8) is 0 Å². The third kappa shape index (κ3) is 4.14. The number of benzene rings is 1. The maximum Gasteiger partial charge on any atom is 0.335 e. The van der Waals surface area contributed by atoms with Gasteiger partial charge in [-0.1, -0.05) is 0 Å². The van der Waals surface area contributed by atoms with Crippen LogP contribution in [0, 0.1) is 10.1 Å². The molecule has 0 unspecified atom stereocenters. The van der Waals surface area contributed by atoms with Crippen LogP contribution in [0.3, 0.4) is 0 Å². The quantitative estimate of drug-likeness (QED) is 0.617. The average Bonchev–Trinajstić information content (AvgIpc) is 2.48. The van der Waals surface area contributed by atoms with Gasteiger partial charge < -0.3 is 14.6 Å². The number of carboxylic acid groups (broad SMARTS) is 1. The molecule has 21 heavy (non-hydrogen) atoms. The molecule has 2 rings (SSSR count). The van der Waals surface area contributed by atoms with Gasteiger partial charge in [-0.05, 0) is 6.07 Å². The summed E-state index contributed by atoms with van der Waals surface area (Å²) in [5, 5.41) is 19.8. The molecule has 8 nitrogen and oxygen atoms in total. The lowest BCUT2D eigenvalue weighted by Crippen LogP contribution is -2.38. The van der Waals surface area contributed by atoms with Gasteiger partial charge in [-0.25, -0.2) is 4.79 Å². The van der Waals surface area contributed by atoms with Crippen LogP contribution in [-0.4, -0.2) is 60.4 Å². The van der Waals surface area contributed by atoms with Gasteiger partial charge in [-0.3, -0.25) is 15.0 Å². The van der Waals surface area contributed by atoms with Crippen molar-refractivity contribution in [3.8, 4) is 5.75 Å². The average molecular weight is 296 g/mol. The Hall–Kier alpha value is -2.19. The number of hydrogen-bond donors (Lipinski definition) is 1. The van der Waals surface area contributed by atoms with Crippen molar-refractivity contribution in [2.75, 3.05) is 39.5 Å². The van der Waals surface area contributed by atoms with Gasteiger partial charge in [0.25, 0.3) is 0 Å². The molecule has 0 amide bonds. The molecule has 1 aliphatic heterocycles. The molecule has 1 aromatic carbocycles. The highest BCUT2D eigenvalue weighted by Crippen LogP contribution is 2.28. The Labute approximate surface area is 121 Å². The standard InChI is InChI=1S/C13H16N2O6/c16-13(17)10-1-2-11(15(18)19)12(9-10)21-8-5-14-3-6-20-7-4-14/h1-2,9H,3-8H2,(H,16,17). The van der Waals surface area contributed by atoms with Gasteiger partial charge in [0.2, 0.25) is 0 Å². The molecule has 114 valence electrons. The Bertz CT molecular complexity index is 527. The fourth-order valence-corrected chi connectivity index (χ4v) is 2.02. The van der Waals surface area contributed by atoms with Gasteiger partial charge in [-0.15, -0.1) is 0 Å². The highest BCUT2D eigenvalue weighted by atomic mass is 16.6. The number of carboxylic acids is 1. The molecule has 1 saturated heterocycles. The first-order valence-electron chi connectivity index (χ1n) is 6.52. The van der Waals surface area contributed by atoms with E-state index in [0.29, 0.717) is 19.8 Å². The van der Waals surface area contributed by atoms with Gasteiger partial charge in [0.1, 0.15) is 6.61 Å². The molecule has 1 heterocycles. The normalized spacial score (nSPS) is 15.6. The van der Waals surface area contributed by atoms with Gasteiger partial charge in [0.05, 0.1) is 23.7 Å². The molecular formula is C13H16N2O6. The van der Waals surface area contributed by atoms with E-state index in [2.05, 4.69) is 4.90 Å². The first kappa shape index (κ1) is 15.2. The number of nitro benzene ring substituents is 1. The Morgan fingerprint density at radius 3 is 2.76 bits per heavy atom. The number of nitrogens with zero attached hydrogens (tertiary/aromatic N) is 2. The van der Waals surface area contributed by atoms with Crippen molar-refractivity contribution in [1.82, 2.24) is 4.90 Å². The molecule has 0 radical (unpaired) electrons. The number of carbonyl (C=O) groups is 1. The number of morpholine rings is 1. The summed E-state index contributed by atoms with van der Waals surface area (Å²) in [5.41, 5.74) is -0.274. The van der Waals surface area contributed by atoms with Gasteiger partial charge in [0, 0.05) is 31.8 Å². The Morgan fingerprint density at radius 1 is 1.43 bits per heavy atom. The summed E-state index contributed by atoms with van der Waals surface area (Å²) < 4.78 is 10.6. The Balaban J connectivity index is 2.00. The van der Waals surface area contributed by atoms with Crippen LogP contribution in [0.1, 0.15) is 10.4 Å². The van der Waals surface area contributed by atoms with E-state index in [1.165, 1.54) is 12.1 Å². The van der Waals surface area contributed by atoms with E-state index in [-0.39, 0.29) is 23.6 Å². The maximum absolute atomic E-state index is 10.9. The van der Waals surface area contributed by atoms with E-state index < -0.39 is 10.9 Å². The summed E-state index contributed by atoms with van der Waals surface area (Å²) in [4.78, 5) is 23.4. The predicted molar refractivity (Wildman–Crippen MR) is 72.8 cm³/mol. The van der Waals surface area contributed by atoms with E-state index in [0.717, 1.165) is 19.2 Å².